The molecular weight excluding hydrogens is 400 g/mol. The number of nitrogens with zero attached hydrogens (tertiary/aromatic N) is 4. The maximum Gasteiger partial charge on any atom is 0.243 e. The lowest BCUT2D eigenvalue weighted by Crippen LogP contribution is -3.12. The quantitative estimate of drug-likeness (QED) is 0.554. The van der Waals surface area contributed by atoms with Gasteiger partial charge in [-0.3, -0.25) is 4.79 Å². The third-order valence-corrected chi connectivity index (χ3v) is 7.60. The molecule has 0 spiro atoms. The van der Waals surface area contributed by atoms with Crippen LogP contribution >= 0.6 is 11.8 Å². The van der Waals surface area contributed by atoms with E-state index in [0.717, 1.165) is 18.7 Å². The summed E-state index contributed by atoms with van der Waals surface area (Å²) in [6, 6.07) is 6.71. The molecule has 11 heteroatoms. The lowest BCUT2D eigenvalue weighted by Gasteiger charge is -2.29. The normalized spacial score (nSPS) is 16.4. The minimum Gasteiger partial charge on any atom is -0.369 e. The minimum atomic E-state index is -3.49. The molecule has 0 radical (unpaired) electrons. The van der Waals surface area contributed by atoms with Crippen LogP contribution < -0.4 is 10.6 Å². The molecular formula is C17H25N6O3S2+. The van der Waals surface area contributed by atoms with Crippen molar-refractivity contribution >= 4 is 27.7 Å². The first kappa shape index (κ1) is 20.8. The number of carbonyl (C=O) groups excluding carboxylic acids is 1. The van der Waals surface area contributed by atoms with Crippen LogP contribution in [0.15, 0.2) is 34.3 Å². The van der Waals surface area contributed by atoms with Crippen LogP contribution in [-0.4, -0.2) is 72.4 Å². The highest BCUT2D eigenvalue weighted by molar-refractivity contribution is 7.99. The molecule has 9 nitrogen and oxygen atoms in total. The minimum absolute atomic E-state index is 0.127. The van der Waals surface area contributed by atoms with Gasteiger partial charge in [-0.2, -0.15) is 4.31 Å². The lowest BCUT2D eigenvalue weighted by atomic mass is 10.2. The SMILES string of the molecule is CCn1c(SCC(N)=O)nnc1-c1ccc(S(=O)(=O)N2CC[NH+](C)CC2)cc1. The Morgan fingerprint density at radius 3 is 2.43 bits per heavy atom. The van der Waals surface area contributed by atoms with E-state index in [2.05, 4.69) is 17.2 Å². The van der Waals surface area contributed by atoms with Crippen molar-refractivity contribution in [3.63, 3.8) is 0 Å². The van der Waals surface area contributed by atoms with Crippen LogP contribution in [0, 0.1) is 0 Å². The Hall–Kier alpha value is -1.95. The van der Waals surface area contributed by atoms with Gasteiger partial charge >= 0.3 is 0 Å². The molecule has 0 aliphatic carbocycles. The topological polar surface area (TPSA) is 116 Å². The number of primary amides is 1. The maximum absolute atomic E-state index is 12.9. The highest BCUT2D eigenvalue weighted by atomic mass is 32.2. The fraction of sp³-hybridized carbons (Fsp3) is 0.471. The molecule has 0 saturated carbocycles. The first-order valence-corrected chi connectivity index (χ1v) is 11.5. The molecule has 152 valence electrons. The van der Waals surface area contributed by atoms with Gasteiger partial charge in [-0.05, 0) is 31.2 Å². The summed E-state index contributed by atoms with van der Waals surface area (Å²) >= 11 is 1.23. The van der Waals surface area contributed by atoms with Crippen molar-refractivity contribution in [1.82, 2.24) is 19.1 Å². The van der Waals surface area contributed by atoms with E-state index >= 15 is 0 Å². The Morgan fingerprint density at radius 2 is 1.86 bits per heavy atom. The van der Waals surface area contributed by atoms with E-state index in [1.807, 2.05) is 11.5 Å². The highest BCUT2D eigenvalue weighted by Crippen LogP contribution is 2.25. The number of rotatable bonds is 7. The van der Waals surface area contributed by atoms with E-state index in [9.17, 15) is 13.2 Å². The van der Waals surface area contributed by atoms with Crippen LogP contribution in [0.25, 0.3) is 11.4 Å². The van der Waals surface area contributed by atoms with Gasteiger partial charge in [0.2, 0.25) is 15.9 Å². The van der Waals surface area contributed by atoms with Gasteiger partial charge in [0.25, 0.3) is 0 Å². The lowest BCUT2D eigenvalue weighted by molar-refractivity contribution is -0.883. The van der Waals surface area contributed by atoms with E-state index in [1.165, 1.54) is 16.7 Å². The van der Waals surface area contributed by atoms with Crippen molar-refractivity contribution in [1.29, 1.82) is 0 Å². The van der Waals surface area contributed by atoms with E-state index in [4.69, 9.17) is 5.73 Å². The van der Waals surface area contributed by atoms with Gasteiger partial charge in [0.05, 0.1) is 43.9 Å². The van der Waals surface area contributed by atoms with Crippen LogP contribution in [0.2, 0.25) is 0 Å². The maximum atomic E-state index is 12.9. The summed E-state index contributed by atoms with van der Waals surface area (Å²) in [4.78, 5) is 12.6. The van der Waals surface area contributed by atoms with Gasteiger partial charge in [0.15, 0.2) is 11.0 Å². The summed E-state index contributed by atoms with van der Waals surface area (Å²) in [6.45, 7) is 5.24. The van der Waals surface area contributed by atoms with E-state index in [0.29, 0.717) is 30.6 Å². The van der Waals surface area contributed by atoms with Crippen molar-refractivity contribution in [3.8, 4) is 11.4 Å². The largest absolute Gasteiger partial charge is 0.369 e. The van der Waals surface area contributed by atoms with Crippen molar-refractivity contribution in [2.24, 2.45) is 5.73 Å². The number of aromatic nitrogens is 3. The number of hydrogen-bond acceptors (Lipinski definition) is 6. The van der Waals surface area contributed by atoms with Crippen molar-refractivity contribution in [3.05, 3.63) is 24.3 Å². The number of hydrogen-bond donors (Lipinski definition) is 2. The molecule has 1 amide bonds. The number of nitrogens with two attached hydrogens (primary N) is 1. The molecule has 2 heterocycles. The molecule has 0 bridgehead atoms. The van der Waals surface area contributed by atoms with Gasteiger partial charge in [0.1, 0.15) is 0 Å². The zero-order valence-electron chi connectivity index (χ0n) is 16.0. The molecule has 1 aromatic heterocycles. The number of nitrogens with one attached hydrogen (secondary N) is 1. The zero-order chi connectivity index (χ0) is 20.3. The van der Waals surface area contributed by atoms with E-state index in [-0.39, 0.29) is 10.6 Å². The third kappa shape index (κ3) is 4.37. The third-order valence-electron chi connectivity index (χ3n) is 4.70. The van der Waals surface area contributed by atoms with Gasteiger partial charge in [0, 0.05) is 12.1 Å². The second-order valence-corrected chi connectivity index (χ2v) is 9.57. The number of thioether (sulfide) groups is 1. The number of likely N-dealkylation sites (N-methyl/N-ethyl adjacent to an activating group) is 1. The Morgan fingerprint density at radius 1 is 1.21 bits per heavy atom. The van der Waals surface area contributed by atoms with E-state index in [1.54, 1.807) is 28.6 Å². The van der Waals surface area contributed by atoms with Crippen LogP contribution in [0.5, 0.6) is 0 Å². The second-order valence-electron chi connectivity index (χ2n) is 6.69. The molecule has 28 heavy (non-hydrogen) atoms. The standard InChI is InChI=1S/C17H24N6O3S2/c1-3-23-16(19-20-17(23)27-12-15(18)24)13-4-6-14(7-5-13)28(25,26)22-10-8-21(2)9-11-22/h4-7H,3,8-12H2,1-2H3,(H2,18,24)/p+1. The highest BCUT2D eigenvalue weighted by Gasteiger charge is 2.29. The van der Waals surface area contributed by atoms with Crippen LogP contribution in [-0.2, 0) is 21.4 Å². The number of sulfonamides is 1. The van der Waals surface area contributed by atoms with Crippen LogP contribution in [0.1, 0.15) is 6.92 Å². The predicted octanol–water partition coefficient (Wildman–Crippen LogP) is -0.939. The van der Waals surface area contributed by atoms with Gasteiger partial charge in [-0.25, -0.2) is 8.42 Å². The summed E-state index contributed by atoms with van der Waals surface area (Å²) in [5, 5.41) is 8.93. The second kappa shape index (κ2) is 8.60. The average Bonchev–Trinajstić information content (AvgIpc) is 3.09. The molecule has 1 saturated heterocycles. The Kier molecular flexibility index (Phi) is 6.38. The van der Waals surface area contributed by atoms with Crippen molar-refractivity contribution in [2.75, 3.05) is 39.0 Å². The fourth-order valence-corrected chi connectivity index (χ4v) is 5.25. The van der Waals surface area contributed by atoms with E-state index < -0.39 is 15.9 Å². The molecule has 3 N–H and O–H groups in total. The first-order valence-electron chi connectivity index (χ1n) is 9.09. The number of benzene rings is 1. The Labute approximate surface area is 168 Å². The summed E-state index contributed by atoms with van der Waals surface area (Å²) < 4.78 is 29.1. The fourth-order valence-electron chi connectivity index (χ4n) is 3.06. The molecule has 2 aromatic rings. The number of amides is 1. The molecule has 1 aliphatic rings. The summed E-state index contributed by atoms with van der Waals surface area (Å²) in [5.41, 5.74) is 5.96. The van der Waals surface area contributed by atoms with Crippen LogP contribution in [0.3, 0.4) is 0 Å². The first-order chi connectivity index (χ1) is 13.3. The smallest absolute Gasteiger partial charge is 0.243 e. The molecule has 1 aliphatic heterocycles. The molecule has 1 fully saturated rings. The summed E-state index contributed by atoms with van der Waals surface area (Å²) in [5.74, 6) is 0.334. The Bertz CT molecular complexity index is 934. The summed E-state index contributed by atoms with van der Waals surface area (Å²) in [7, 11) is -1.42. The van der Waals surface area contributed by atoms with Crippen molar-refractivity contribution < 1.29 is 18.1 Å². The molecule has 0 atom stereocenters. The number of piperazine rings is 1. The number of quaternary nitrogens is 1. The van der Waals surface area contributed by atoms with Crippen LogP contribution in [0.4, 0.5) is 0 Å². The molecule has 0 unspecified atom stereocenters. The summed E-state index contributed by atoms with van der Waals surface area (Å²) in [6.07, 6.45) is 0. The van der Waals surface area contributed by atoms with Gasteiger partial charge in [-0.1, -0.05) is 11.8 Å². The average molecular weight is 426 g/mol. The zero-order valence-corrected chi connectivity index (χ0v) is 17.6. The monoisotopic (exact) mass is 425 g/mol. The van der Waals surface area contributed by atoms with Crippen molar-refractivity contribution in [2.45, 2.75) is 23.5 Å². The van der Waals surface area contributed by atoms with Gasteiger partial charge < -0.3 is 15.2 Å². The molecule has 1 aromatic carbocycles. The Balaban J connectivity index is 1.82. The molecule has 3 rings (SSSR count). The van der Waals surface area contributed by atoms with Gasteiger partial charge in [-0.15, -0.1) is 10.2 Å². The predicted molar refractivity (Wildman–Crippen MR) is 106 cm³/mol. The number of carbonyl (C=O) groups is 1.